The van der Waals surface area contributed by atoms with Crippen molar-refractivity contribution in [2.24, 2.45) is 0 Å². The molecule has 0 amide bonds. The lowest BCUT2D eigenvalue weighted by atomic mass is 9.93. The second-order valence-electron chi connectivity index (χ2n) is 3.14. The van der Waals surface area contributed by atoms with E-state index in [0.717, 1.165) is 31.6 Å². The Morgan fingerprint density at radius 3 is 2.55 bits per heavy atom. The molecule has 0 unspecified atom stereocenters. The highest BCUT2D eigenvalue weighted by Gasteiger charge is 2.17. The summed E-state index contributed by atoms with van der Waals surface area (Å²) in [5.41, 5.74) is 0. The third kappa shape index (κ3) is 3.45. The molecule has 0 aromatic rings. The minimum atomic E-state index is -0.0256. The van der Waals surface area contributed by atoms with Crippen LogP contribution in [0.2, 0.25) is 0 Å². The van der Waals surface area contributed by atoms with Gasteiger partial charge in [-0.25, -0.2) is 0 Å². The zero-order valence-electron chi connectivity index (χ0n) is 7.05. The van der Waals surface area contributed by atoms with Crippen LogP contribution >= 0.6 is 11.8 Å². The zero-order chi connectivity index (χ0) is 8.10. The van der Waals surface area contributed by atoms with Crippen LogP contribution in [-0.4, -0.2) is 29.4 Å². The van der Waals surface area contributed by atoms with E-state index in [9.17, 15) is 5.11 Å². The van der Waals surface area contributed by atoms with Crippen molar-refractivity contribution in [3.63, 3.8) is 0 Å². The Bertz CT molecular complexity index is 99.5. The lowest BCUT2D eigenvalue weighted by molar-refractivity contribution is 0.118. The zero-order valence-corrected chi connectivity index (χ0v) is 7.86. The van der Waals surface area contributed by atoms with Crippen LogP contribution in [0.15, 0.2) is 0 Å². The standard InChI is InChI=1S/C8H17NOS/c1-11-6-9-7-2-4-8(10)5-3-7/h7-10H,2-6H2,1H3/t7-,8-. The van der Waals surface area contributed by atoms with E-state index in [0.29, 0.717) is 6.04 Å². The molecule has 1 rings (SSSR count). The minimum Gasteiger partial charge on any atom is -0.393 e. The topological polar surface area (TPSA) is 32.3 Å². The summed E-state index contributed by atoms with van der Waals surface area (Å²) in [6.07, 6.45) is 6.31. The van der Waals surface area contributed by atoms with E-state index in [4.69, 9.17) is 0 Å². The molecule has 2 nitrogen and oxygen atoms in total. The van der Waals surface area contributed by atoms with E-state index in [1.807, 2.05) is 11.8 Å². The number of rotatable bonds is 3. The fourth-order valence-electron chi connectivity index (χ4n) is 1.48. The molecule has 0 saturated heterocycles. The first-order valence-corrected chi connectivity index (χ1v) is 5.62. The summed E-state index contributed by atoms with van der Waals surface area (Å²) in [7, 11) is 0. The molecule has 0 aliphatic heterocycles. The van der Waals surface area contributed by atoms with E-state index in [1.165, 1.54) is 0 Å². The van der Waals surface area contributed by atoms with Gasteiger partial charge in [0.15, 0.2) is 0 Å². The normalized spacial score (nSPS) is 32.2. The summed E-state index contributed by atoms with van der Waals surface area (Å²) < 4.78 is 0. The monoisotopic (exact) mass is 175 g/mol. The molecule has 0 heterocycles. The smallest absolute Gasteiger partial charge is 0.0541 e. The van der Waals surface area contributed by atoms with Crippen LogP contribution in [-0.2, 0) is 0 Å². The molecule has 3 heteroatoms. The highest BCUT2D eigenvalue weighted by molar-refractivity contribution is 7.98. The van der Waals surface area contributed by atoms with Gasteiger partial charge >= 0.3 is 0 Å². The maximum absolute atomic E-state index is 9.22. The second kappa shape index (κ2) is 5.01. The van der Waals surface area contributed by atoms with Crippen molar-refractivity contribution < 1.29 is 5.11 Å². The van der Waals surface area contributed by atoms with Gasteiger partial charge in [0.05, 0.1) is 6.10 Å². The van der Waals surface area contributed by atoms with Crippen molar-refractivity contribution in [1.29, 1.82) is 0 Å². The van der Waals surface area contributed by atoms with Crippen LogP contribution in [0.4, 0.5) is 0 Å². The molecule has 0 spiro atoms. The third-order valence-corrected chi connectivity index (χ3v) is 2.67. The van der Waals surface area contributed by atoms with Crippen LogP contribution in [0.3, 0.4) is 0 Å². The summed E-state index contributed by atoms with van der Waals surface area (Å²) in [5.74, 6) is 1.04. The molecule has 1 saturated carbocycles. The Morgan fingerprint density at radius 2 is 2.00 bits per heavy atom. The van der Waals surface area contributed by atoms with Crippen LogP contribution in [0.1, 0.15) is 25.7 Å². The average Bonchev–Trinajstić information content (AvgIpc) is 2.04. The molecule has 1 fully saturated rings. The van der Waals surface area contributed by atoms with Gasteiger partial charge in [-0.05, 0) is 31.9 Å². The van der Waals surface area contributed by atoms with Crippen LogP contribution in [0.5, 0.6) is 0 Å². The summed E-state index contributed by atoms with van der Waals surface area (Å²) in [5, 5.41) is 12.7. The van der Waals surface area contributed by atoms with Crippen molar-refractivity contribution >= 4 is 11.8 Å². The van der Waals surface area contributed by atoms with E-state index >= 15 is 0 Å². The first-order valence-electron chi connectivity index (χ1n) is 4.23. The maximum Gasteiger partial charge on any atom is 0.0541 e. The Labute approximate surface area is 72.8 Å². The fourth-order valence-corrected chi connectivity index (χ4v) is 1.88. The van der Waals surface area contributed by atoms with E-state index in [1.54, 1.807) is 0 Å². The highest BCUT2D eigenvalue weighted by atomic mass is 32.2. The molecular weight excluding hydrogens is 158 g/mol. The van der Waals surface area contributed by atoms with Crippen LogP contribution in [0, 0.1) is 0 Å². The van der Waals surface area contributed by atoms with Gasteiger partial charge in [0, 0.05) is 11.9 Å². The molecular formula is C8H17NOS. The number of hydrogen-bond donors (Lipinski definition) is 2. The number of hydrogen-bond acceptors (Lipinski definition) is 3. The van der Waals surface area contributed by atoms with Crippen LogP contribution < -0.4 is 5.32 Å². The predicted molar refractivity (Wildman–Crippen MR) is 49.8 cm³/mol. The SMILES string of the molecule is CSCN[C@H]1CC[C@H](O)CC1. The minimum absolute atomic E-state index is 0.0256. The first kappa shape index (κ1) is 9.36. The van der Waals surface area contributed by atoms with Gasteiger partial charge in [-0.3, -0.25) is 0 Å². The molecule has 11 heavy (non-hydrogen) atoms. The fraction of sp³-hybridized carbons (Fsp3) is 1.00. The van der Waals surface area contributed by atoms with Gasteiger partial charge < -0.3 is 10.4 Å². The van der Waals surface area contributed by atoms with Crippen molar-refractivity contribution in [2.45, 2.75) is 37.8 Å². The molecule has 66 valence electrons. The molecule has 1 aliphatic carbocycles. The third-order valence-electron chi connectivity index (χ3n) is 2.21. The van der Waals surface area contributed by atoms with Crippen molar-refractivity contribution in [1.82, 2.24) is 5.32 Å². The number of nitrogens with one attached hydrogen (secondary N) is 1. The quantitative estimate of drug-likeness (QED) is 0.632. The van der Waals surface area contributed by atoms with Gasteiger partial charge in [-0.15, -0.1) is 11.8 Å². The molecule has 0 atom stereocenters. The lowest BCUT2D eigenvalue weighted by Crippen LogP contribution is -2.34. The van der Waals surface area contributed by atoms with Gasteiger partial charge in [0.2, 0.25) is 0 Å². The summed E-state index contributed by atoms with van der Waals surface area (Å²) >= 11 is 1.82. The Hall–Kier alpha value is 0.270. The Morgan fingerprint density at radius 1 is 1.36 bits per heavy atom. The van der Waals surface area contributed by atoms with E-state index in [2.05, 4.69) is 11.6 Å². The lowest BCUT2D eigenvalue weighted by Gasteiger charge is -2.25. The number of aliphatic hydroxyl groups is 1. The summed E-state index contributed by atoms with van der Waals surface area (Å²) in [6.45, 7) is 0. The summed E-state index contributed by atoms with van der Waals surface area (Å²) in [4.78, 5) is 0. The van der Waals surface area contributed by atoms with Crippen molar-refractivity contribution in [2.75, 3.05) is 12.1 Å². The first-order chi connectivity index (χ1) is 5.33. The van der Waals surface area contributed by atoms with Gasteiger partial charge in [-0.1, -0.05) is 0 Å². The van der Waals surface area contributed by atoms with Crippen LogP contribution in [0.25, 0.3) is 0 Å². The second-order valence-corrected chi connectivity index (χ2v) is 4.01. The van der Waals surface area contributed by atoms with E-state index in [-0.39, 0.29) is 6.10 Å². The number of thioether (sulfide) groups is 1. The maximum atomic E-state index is 9.22. The van der Waals surface area contributed by atoms with Gasteiger partial charge in [0.1, 0.15) is 0 Å². The molecule has 0 aromatic heterocycles. The molecule has 0 aromatic carbocycles. The molecule has 0 bridgehead atoms. The average molecular weight is 175 g/mol. The molecule has 2 N–H and O–H groups in total. The molecule has 0 radical (unpaired) electrons. The van der Waals surface area contributed by atoms with Crippen molar-refractivity contribution in [3.8, 4) is 0 Å². The Kier molecular flexibility index (Phi) is 4.26. The Balaban J connectivity index is 2.07. The van der Waals surface area contributed by atoms with Gasteiger partial charge in [0.25, 0.3) is 0 Å². The summed E-state index contributed by atoms with van der Waals surface area (Å²) in [6, 6.07) is 0.658. The highest BCUT2D eigenvalue weighted by Crippen LogP contribution is 2.18. The molecule has 1 aliphatic rings. The number of aliphatic hydroxyl groups excluding tert-OH is 1. The largest absolute Gasteiger partial charge is 0.393 e. The van der Waals surface area contributed by atoms with Crippen molar-refractivity contribution in [3.05, 3.63) is 0 Å². The van der Waals surface area contributed by atoms with E-state index < -0.39 is 0 Å². The predicted octanol–water partition coefficient (Wildman–Crippen LogP) is 1.20. The van der Waals surface area contributed by atoms with Gasteiger partial charge in [-0.2, -0.15) is 0 Å².